The largest absolute Gasteiger partial charge is 0.456 e. The highest BCUT2D eigenvalue weighted by molar-refractivity contribution is 7.99. The SMILES string of the molecule is CCC[C@@H]1CC(C(=O)NC([C@H]2O[C@H](SC)[C@H](OC(C)=O)[C@@H](OC(C)=O)[C@H]2OC(C)=O)[C@@H](C)N=[N+]=[N-])N(C)C1. The van der Waals surface area contributed by atoms with E-state index in [0.29, 0.717) is 12.3 Å². The first-order valence-corrected chi connectivity index (χ1v) is 14.0. The smallest absolute Gasteiger partial charge is 0.303 e. The Balaban J connectivity index is 2.50. The van der Waals surface area contributed by atoms with Gasteiger partial charge in [0, 0.05) is 32.2 Å². The molecular weight excluding hydrogens is 518 g/mol. The summed E-state index contributed by atoms with van der Waals surface area (Å²) >= 11 is 1.19. The molecule has 0 spiro atoms. The van der Waals surface area contributed by atoms with Gasteiger partial charge in [0.05, 0.1) is 18.1 Å². The van der Waals surface area contributed by atoms with Gasteiger partial charge in [0.2, 0.25) is 5.91 Å². The number of esters is 3. The zero-order chi connectivity index (χ0) is 28.6. The van der Waals surface area contributed by atoms with E-state index in [0.717, 1.165) is 19.4 Å². The minimum atomic E-state index is -1.28. The summed E-state index contributed by atoms with van der Waals surface area (Å²) in [5.41, 5.74) is 8.32. The Morgan fingerprint density at radius 3 is 2.21 bits per heavy atom. The number of nitrogens with one attached hydrogen (secondary N) is 1. The van der Waals surface area contributed by atoms with Gasteiger partial charge in [-0.2, -0.15) is 0 Å². The third-order valence-corrected chi connectivity index (χ3v) is 7.56. The van der Waals surface area contributed by atoms with E-state index in [2.05, 4.69) is 22.3 Å². The van der Waals surface area contributed by atoms with Crippen LogP contribution in [0, 0.1) is 5.92 Å². The summed E-state index contributed by atoms with van der Waals surface area (Å²) in [6.07, 6.45) is -0.317. The standard InChI is InChI=1S/C24H39N5O8S/c1-8-9-16-10-17(29(6)11-16)23(33)26-18(12(2)27-28-25)19-20(34-13(3)30)21(35-14(4)31)22(36-15(5)32)24(37-19)38-7/h12,16-22,24H,8-11H2,1-7H3,(H,26,33)/t12-,16-,17?,18?,19-,20+,21+,22-,24-/m1/s1. The zero-order valence-corrected chi connectivity index (χ0v) is 23.8. The van der Waals surface area contributed by atoms with Crippen LogP contribution in [-0.4, -0.2) is 96.5 Å². The fourth-order valence-electron chi connectivity index (χ4n) is 5.20. The van der Waals surface area contributed by atoms with Crippen LogP contribution in [-0.2, 0) is 38.1 Å². The highest BCUT2D eigenvalue weighted by atomic mass is 32.2. The van der Waals surface area contributed by atoms with E-state index in [9.17, 15) is 19.2 Å². The van der Waals surface area contributed by atoms with Crippen LogP contribution in [0.3, 0.4) is 0 Å². The number of amides is 1. The first-order chi connectivity index (χ1) is 17.9. The van der Waals surface area contributed by atoms with Gasteiger partial charge in [-0.15, -0.1) is 11.8 Å². The van der Waals surface area contributed by atoms with Crippen LogP contribution in [0.5, 0.6) is 0 Å². The number of ether oxygens (including phenoxy) is 4. The van der Waals surface area contributed by atoms with Crippen molar-refractivity contribution in [2.24, 2.45) is 11.0 Å². The lowest BCUT2D eigenvalue weighted by Gasteiger charge is -2.47. The maximum atomic E-state index is 13.5. The van der Waals surface area contributed by atoms with Crippen molar-refractivity contribution in [3.63, 3.8) is 0 Å². The number of nitrogens with zero attached hydrogens (tertiary/aromatic N) is 4. The molecule has 2 aliphatic rings. The normalized spacial score (nSPS) is 30.9. The molecule has 38 heavy (non-hydrogen) atoms. The van der Waals surface area contributed by atoms with E-state index >= 15 is 0 Å². The third-order valence-electron chi connectivity index (χ3n) is 6.72. The van der Waals surface area contributed by atoms with Gasteiger partial charge in [-0.05, 0) is 37.6 Å². The summed E-state index contributed by atoms with van der Waals surface area (Å²) < 4.78 is 22.8. The lowest BCUT2D eigenvalue weighted by molar-refractivity contribution is -0.236. The minimum absolute atomic E-state index is 0.284. The second kappa shape index (κ2) is 14.6. The number of carbonyl (C=O) groups is 4. The molecule has 2 rings (SSSR count). The van der Waals surface area contributed by atoms with Gasteiger partial charge in [0.25, 0.3) is 0 Å². The Hall–Kier alpha value is -2.54. The summed E-state index contributed by atoms with van der Waals surface area (Å²) in [6, 6.07) is -2.21. The topological polar surface area (TPSA) is 169 Å². The lowest BCUT2D eigenvalue weighted by Crippen LogP contribution is -2.67. The van der Waals surface area contributed by atoms with Gasteiger partial charge in [0.1, 0.15) is 11.5 Å². The van der Waals surface area contributed by atoms with E-state index < -0.39 is 65.9 Å². The summed E-state index contributed by atoms with van der Waals surface area (Å²) in [4.78, 5) is 54.5. The highest BCUT2D eigenvalue weighted by Gasteiger charge is 2.55. The molecule has 0 aliphatic carbocycles. The molecule has 0 saturated carbocycles. The van der Waals surface area contributed by atoms with E-state index in [4.69, 9.17) is 24.5 Å². The third kappa shape index (κ3) is 8.23. The van der Waals surface area contributed by atoms with Crippen molar-refractivity contribution in [1.29, 1.82) is 0 Å². The van der Waals surface area contributed by atoms with Crippen LogP contribution >= 0.6 is 11.8 Å². The molecule has 9 atom stereocenters. The van der Waals surface area contributed by atoms with Crippen molar-refractivity contribution in [2.75, 3.05) is 19.8 Å². The Morgan fingerprint density at radius 1 is 1.11 bits per heavy atom. The molecule has 13 nitrogen and oxygen atoms in total. The summed E-state index contributed by atoms with van der Waals surface area (Å²) in [5.74, 6) is -1.94. The number of carbonyl (C=O) groups excluding carboxylic acids is 4. The molecule has 14 heteroatoms. The second-order valence-corrected chi connectivity index (χ2v) is 10.7. The second-order valence-electron chi connectivity index (χ2n) is 9.75. The van der Waals surface area contributed by atoms with Crippen molar-refractivity contribution in [3.8, 4) is 0 Å². The Morgan fingerprint density at radius 2 is 1.68 bits per heavy atom. The Labute approximate surface area is 227 Å². The number of likely N-dealkylation sites (tertiary alicyclic amines) is 1. The average molecular weight is 558 g/mol. The van der Waals surface area contributed by atoms with Crippen LogP contribution in [0.15, 0.2) is 5.11 Å². The summed E-state index contributed by atoms with van der Waals surface area (Å²) in [5, 5.41) is 6.76. The van der Waals surface area contributed by atoms with E-state index in [1.807, 2.05) is 11.9 Å². The predicted octanol–water partition coefficient (Wildman–Crippen LogP) is 2.17. The van der Waals surface area contributed by atoms with Crippen LogP contribution in [0.1, 0.15) is 53.9 Å². The van der Waals surface area contributed by atoms with Crippen molar-refractivity contribution >= 4 is 35.6 Å². The molecular formula is C24H39N5O8S. The number of hydrogen-bond donors (Lipinski definition) is 1. The van der Waals surface area contributed by atoms with Crippen molar-refractivity contribution in [1.82, 2.24) is 10.2 Å². The molecule has 1 N–H and O–H groups in total. The number of rotatable bonds is 11. The molecule has 2 fully saturated rings. The molecule has 0 aromatic heterocycles. The molecule has 2 heterocycles. The first-order valence-electron chi connectivity index (χ1n) is 12.7. The maximum absolute atomic E-state index is 13.5. The van der Waals surface area contributed by atoms with Crippen LogP contribution in [0.25, 0.3) is 10.4 Å². The number of likely N-dealkylation sites (N-methyl/N-ethyl adjacent to an activating group) is 1. The van der Waals surface area contributed by atoms with E-state index in [1.54, 1.807) is 13.2 Å². The summed E-state index contributed by atoms with van der Waals surface area (Å²) in [7, 11) is 1.88. The number of thioether (sulfide) groups is 1. The van der Waals surface area contributed by atoms with Crippen molar-refractivity contribution in [2.45, 2.75) is 102 Å². The van der Waals surface area contributed by atoms with Gasteiger partial charge in [-0.1, -0.05) is 25.4 Å². The Kier molecular flexibility index (Phi) is 12.1. The van der Waals surface area contributed by atoms with Crippen LogP contribution in [0.2, 0.25) is 0 Å². The van der Waals surface area contributed by atoms with Crippen LogP contribution < -0.4 is 5.32 Å². The monoisotopic (exact) mass is 557 g/mol. The molecule has 1 amide bonds. The molecule has 2 aliphatic heterocycles. The number of azide groups is 1. The fraction of sp³-hybridized carbons (Fsp3) is 0.833. The van der Waals surface area contributed by atoms with Crippen molar-refractivity contribution < 1.29 is 38.1 Å². The molecule has 214 valence electrons. The lowest BCUT2D eigenvalue weighted by atomic mass is 9.90. The van der Waals surface area contributed by atoms with E-state index in [-0.39, 0.29) is 5.91 Å². The molecule has 2 saturated heterocycles. The number of hydrogen-bond acceptors (Lipinski definition) is 11. The fourth-order valence-corrected chi connectivity index (χ4v) is 5.92. The highest BCUT2D eigenvalue weighted by Crippen LogP contribution is 2.35. The maximum Gasteiger partial charge on any atom is 0.303 e. The Bertz CT molecular complexity index is 916. The quantitative estimate of drug-likeness (QED) is 0.131. The van der Waals surface area contributed by atoms with Gasteiger partial charge in [-0.3, -0.25) is 24.1 Å². The van der Waals surface area contributed by atoms with Gasteiger partial charge >= 0.3 is 17.9 Å². The molecule has 0 aromatic rings. The van der Waals surface area contributed by atoms with Gasteiger partial charge < -0.3 is 24.3 Å². The van der Waals surface area contributed by atoms with Crippen LogP contribution in [0.4, 0.5) is 0 Å². The first kappa shape index (κ1) is 31.7. The van der Waals surface area contributed by atoms with Gasteiger partial charge in [-0.25, -0.2) is 0 Å². The zero-order valence-electron chi connectivity index (χ0n) is 23.0. The van der Waals surface area contributed by atoms with Crippen molar-refractivity contribution in [3.05, 3.63) is 10.4 Å². The molecule has 0 aromatic carbocycles. The minimum Gasteiger partial charge on any atom is -0.456 e. The predicted molar refractivity (Wildman–Crippen MR) is 139 cm³/mol. The van der Waals surface area contributed by atoms with E-state index in [1.165, 1.54) is 32.5 Å². The summed E-state index contributed by atoms with van der Waals surface area (Å²) in [6.45, 7) is 8.04. The average Bonchev–Trinajstić information content (AvgIpc) is 3.19. The molecule has 0 radical (unpaired) electrons. The molecule has 2 unspecified atom stereocenters. The van der Waals surface area contributed by atoms with Gasteiger partial charge in [0.15, 0.2) is 18.3 Å². The molecule has 0 bridgehead atoms.